The van der Waals surface area contributed by atoms with Crippen LogP contribution in [0.5, 0.6) is 0 Å². The molecule has 3 aromatic rings. The van der Waals surface area contributed by atoms with E-state index in [4.69, 9.17) is 4.42 Å². The molecule has 0 spiro atoms. The van der Waals surface area contributed by atoms with Gasteiger partial charge in [-0.3, -0.25) is 14.6 Å². The Morgan fingerprint density at radius 2 is 1.93 bits per heavy atom. The van der Waals surface area contributed by atoms with Gasteiger partial charge in [0.2, 0.25) is 11.8 Å². The second-order valence-electron chi connectivity index (χ2n) is 6.79. The Bertz CT molecular complexity index is 1120. The van der Waals surface area contributed by atoms with Gasteiger partial charge in [0.05, 0.1) is 12.2 Å². The van der Waals surface area contributed by atoms with Crippen molar-refractivity contribution in [2.75, 3.05) is 11.1 Å². The van der Waals surface area contributed by atoms with Crippen LogP contribution in [0.15, 0.2) is 43.5 Å². The maximum atomic E-state index is 12.2. The molecule has 0 saturated heterocycles. The molecular weight excluding hydrogens is 406 g/mol. The molecular formula is C20H23N5O4S. The van der Waals surface area contributed by atoms with Crippen LogP contribution in [0.1, 0.15) is 42.5 Å². The quantitative estimate of drug-likeness (QED) is 0.445. The van der Waals surface area contributed by atoms with E-state index in [-0.39, 0.29) is 29.2 Å². The van der Waals surface area contributed by atoms with Gasteiger partial charge in [-0.15, -0.1) is 10.2 Å². The van der Waals surface area contributed by atoms with Crippen molar-refractivity contribution in [3.8, 4) is 0 Å². The standard InChI is InChI=1S/C20H23N5O4S/c1-3-4-5-13-6-8-14(9-7-13)22-16(26)11-30-20-25-24-17(29-20)10-15-12(2)21-19(28)23-18(15)27/h6-9H,3-5,10-11H2,1-2H3,(H,22,26)(H2,21,23,27,28). The van der Waals surface area contributed by atoms with Gasteiger partial charge in [-0.1, -0.05) is 37.2 Å². The highest BCUT2D eigenvalue weighted by Crippen LogP contribution is 2.18. The number of unbranched alkanes of at least 4 members (excludes halogenated alkanes) is 1. The number of hydrogen-bond donors (Lipinski definition) is 3. The summed E-state index contributed by atoms with van der Waals surface area (Å²) in [4.78, 5) is 40.0. The smallest absolute Gasteiger partial charge is 0.325 e. The molecule has 0 aliphatic rings. The average Bonchev–Trinajstić information content (AvgIpc) is 3.16. The summed E-state index contributed by atoms with van der Waals surface area (Å²) in [5.74, 6) is 0.146. The van der Waals surface area contributed by atoms with Crippen molar-refractivity contribution in [3.05, 3.63) is 67.8 Å². The van der Waals surface area contributed by atoms with E-state index < -0.39 is 11.2 Å². The molecule has 9 nitrogen and oxygen atoms in total. The minimum Gasteiger partial charge on any atom is -0.416 e. The Morgan fingerprint density at radius 3 is 2.63 bits per heavy atom. The zero-order chi connectivity index (χ0) is 21.5. The molecule has 3 N–H and O–H groups in total. The van der Waals surface area contributed by atoms with Crippen LogP contribution >= 0.6 is 11.8 Å². The molecule has 0 radical (unpaired) electrons. The number of carbonyl (C=O) groups excluding carboxylic acids is 1. The first-order valence-electron chi connectivity index (χ1n) is 9.60. The molecule has 0 aliphatic heterocycles. The summed E-state index contributed by atoms with van der Waals surface area (Å²) in [7, 11) is 0. The van der Waals surface area contributed by atoms with Crippen molar-refractivity contribution in [2.24, 2.45) is 0 Å². The molecule has 2 heterocycles. The van der Waals surface area contributed by atoms with Crippen molar-refractivity contribution in [2.45, 2.75) is 44.8 Å². The van der Waals surface area contributed by atoms with Crippen LogP contribution in [0.25, 0.3) is 0 Å². The van der Waals surface area contributed by atoms with Gasteiger partial charge >= 0.3 is 5.69 Å². The minimum atomic E-state index is -0.565. The van der Waals surface area contributed by atoms with Crippen LogP contribution in [0.4, 0.5) is 5.69 Å². The van der Waals surface area contributed by atoms with Crippen molar-refractivity contribution in [1.29, 1.82) is 0 Å². The third-order valence-corrected chi connectivity index (χ3v) is 5.23. The Morgan fingerprint density at radius 1 is 1.17 bits per heavy atom. The van der Waals surface area contributed by atoms with Crippen molar-refractivity contribution in [1.82, 2.24) is 20.2 Å². The van der Waals surface area contributed by atoms with Gasteiger partial charge in [0.1, 0.15) is 0 Å². The molecule has 0 aliphatic carbocycles. The number of nitrogens with one attached hydrogen (secondary N) is 3. The Labute approximate surface area is 176 Å². The van der Waals surface area contributed by atoms with E-state index in [1.165, 1.54) is 5.56 Å². The summed E-state index contributed by atoms with van der Waals surface area (Å²) in [5.41, 5.74) is 1.71. The molecule has 0 atom stereocenters. The number of anilines is 1. The number of rotatable bonds is 9. The van der Waals surface area contributed by atoms with Gasteiger partial charge < -0.3 is 14.7 Å². The average molecular weight is 430 g/mol. The summed E-state index contributed by atoms with van der Waals surface area (Å²) in [6.07, 6.45) is 3.41. The second kappa shape index (κ2) is 10.1. The van der Waals surface area contributed by atoms with E-state index >= 15 is 0 Å². The van der Waals surface area contributed by atoms with Crippen molar-refractivity contribution in [3.63, 3.8) is 0 Å². The first-order valence-corrected chi connectivity index (χ1v) is 10.6. The highest BCUT2D eigenvalue weighted by Gasteiger charge is 2.14. The number of aromatic amines is 2. The summed E-state index contributed by atoms with van der Waals surface area (Å²) in [5, 5.41) is 10.9. The van der Waals surface area contributed by atoms with Gasteiger partial charge in [0.15, 0.2) is 0 Å². The van der Waals surface area contributed by atoms with Gasteiger partial charge in [0, 0.05) is 16.9 Å². The maximum Gasteiger partial charge on any atom is 0.325 e. The molecule has 0 fully saturated rings. The number of nitrogens with zero attached hydrogens (tertiary/aromatic N) is 2. The first kappa shape index (κ1) is 21.6. The largest absolute Gasteiger partial charge is 0.416 e. The van der Waals surface area contributed by atoms with E-state index in [0.717, 1.165) is 36.7 Å². The third-order valence-electron chi connectivity index (χ3n) is 4.41. The molecule has 10 heteroatoms. The van der Waals surface area contributed by atoms with Gasteiger partial charge in [-0.25, -0.2) is 4.79 Å². The number of thioether (sulfide) groups is 1. The zero-order valence-electron chi connectivity index (χ0n) is 16.8. The van der Waals surface area contributed by atoms with E-state index in [9.17, 15) is 14.4 Å². The van der Waals surface area contributed by atoms with Crippen LogP contribution in [-0.2, 0) is 17.6 Å². The SMILES string of the molecule is CCCCc1ccc(NC(=O)CSc2nnc(Cc3c(C)[nH]c(=O)[nH]c3=O)o2)cc1. The van der Waals surface area contributed by atoms with Crippen molar-refractivity contribution >= 4 is 23.4 Å². The monoisotopic (exact) mass is 429 g/mol. The zero-order valence-corrected chi connectivity index (χ0v) is 17.6. The number of H-pyrrole nitrogens is 2. The second-order valence-corrected chi connectivity index (χ2v) is 7.71. The summed E-state index contributed by atoms with van der Waals surface area (Å²) < 4.78 is 5.50. The number of carbonyl (C=O) groups is 1. The van der Waals surface area contributed by atoms with E-state index in [1.54, 1.807) is 6.92 Å². The molecule has 3 rings (SSSR count). The summed E-state index contributed by atoms with van der Waals surface area (Å²) in [6, 6.07) is 7.82. The molecule has 1 aromatic carbocycles. The fourth-order valence-electron chi connectivity index (χ4n) is 2.82. The number of aromatic nitrogens is 4. The Kier molecular flexibility index (Phi) is 7.23. The van der Waals surface area contributed by atoms with Gasteiger partial charge in [-0.2, -0.15) is 0 Å². The molecule has 1 amide bonds. The summed E-state index contributed by atoms with van der Waals surface area (Å²) in [6.45, 7) is 3.78. The van der Waals surface area contributed by atoms with Gasteiger partial charge in [0.25, 0.3) is 10.8 Å². The topological polar surface area (TPSA) is 134 Å². The fourth-order valence-corrected chi connectivity index (χ4v) is 3.40. The Hall–Kier alpha value is -3.14. The lowest BCUT2D eigenvalue weighted by Crippen LogP contribution is -2.27. The lowest BCUT2D eigenvalue weighted by molar-refractivity contribution is -0.113. The molecule has 158 valence electrons. The predicted octanol–water partition coefficient (Wildman–Crippen LogP) is 2.42. The first-order chi connectivity index (χ1) is 14.4. The highest BCUT2D eigenvalue weighted by molar-refractivity contribution is 7.99. The van der Waals surface area contributed by atoms with Crippen LogP contribution in [0.2, 0.25) is 0 Å². The molecule has 2 aromatic heterocycles. The minimum absolute atomic E-state index is 0.0854. The van der Waals surface area contributed by atoms with E-state index in [1.807, 2.05) is 24.3 Å². The third kappa shape index (κ3) is 5.93. The van der Waals surface area contributed by atoms with Crippen LogP contribution in [-0.4, -0.2) is 31.8 Å². The molecule has 0 saturated carbocycles. The predicted molar refractivity (Wildman–Crippen MR) is 114 cm³/mol. The number of hydrogen-bond acceptors (Lipinski definition) is 7. The highest BCUT2D eigenvalue weighted by atomic mass is 32.2. The lowest BCUT2D eigenvalue weighted by atomic mass is 10.1. The lowest BCUT2D eigenvalue weighted by Gasteiger charge is -2.05. The number of aryl methyl sites for hydroxylation is 2. The van der Waals surface area contributed by atoms with Crippen LogP contribution < -0.4 is 16.6 Å². The molecule has 30 heavy (non-hydrogen) atoms. The van der Waals surface area contributed by atoms with E-state index in [0.29, 0.717) is 11.3 Å². The number of benzene rings is 1. The Balaban J connectivity index is 1.52. The molecule has 0 bridgehead atoms. The summed E-state index contributed by atoms with van der Waals surface area (Å²) >= 11 is 1.11. The molecule has 0 unspecified atom stereocenters. The number of amides is 1. The normalized spacial score (nSPS) is 10.9. The van der Waals surface area contributed by atoms with E-state index in [2.05, 4.69) is 32.4 Å². The van der Waals surface area contributed by atoms with Crippen LogP contribution in [0, 0.1) is 6.92 Å². The van der Waals surface area contributed by atoms with Crippen molar-refractivity contribution < 1.29 is 9.21 Å². The maximum absolute atomic E-state index is 12.2. The van der Waals surface area contributed by atoms with Gasteiger partial charge in [-0.05, 0) is 37.5 Å². The van der Waals surface area contributed by atoms with Crippen LogP contribution in [0.3, 0.4) is 0 Å². The fraction of sp³-hybridized carbons (Fsp3) is 0.350.